The fourth-order valence-corrected chi connectivity index (χ4v) is 2.39. The van der Waals surface area contributed by atoms with Crippen LogP contribution in [-0.4, -0.2) is 6.54 Å². The molecule has 0 aliphatic heterocycles. The summed E-state index contributed by atoms with van der Waals surface area (Å²) in [6.45, 7) is 3.97. The van der Waals surface area contributed by atoms with E-state index in [1.54, 1.807) is 6.26 Å². The lowest BCUT2D eigenvalue weighted by atomic mass is 10.1. The predicted octanol–water partition coefficient (Wildman–Crippen LogP) is 4.86. The summed E-state index contributed by atoms with van der Waals surface area (Å²) < 4.78 is 6.46. The van der Waals surface area contributed by atoms with Crippen molar-refractivity contribution in [1.29, 1.82) is 0 Å². The second kappa shape index (κ2) is 6.41. The van der Waals surface area contributed by atoms with Crippen LogP contribution in [-0.2, 0) is 6.54 Å². The molecule has 0 unspecified atom stereocenters. The lowest BCUT2D eigenvalue weighted by Gasteiger charge is -2.09. The highest BCUT2D eigenvalue weighted by Gasteiger charge is 2.12. The molecule has 0 atom stereocenters. The molecule has 2 aromatic rings. The van der Waals surface area contributed by atoms with Crippen molar-refractivity contribution in [2.75, 3.05) is 6.54 Å². The van der Waals surface area contributed by atoms with Gasteiger partial charge in [-0.15, -0.1) is 0 Å². The van der Waals surface area contributed by atoms with Crippen LogP contribution in [0.3, 0.4) is 0 Å². The molecule has 1 aromatic heterocycles. The van der Waals surface area contributed by atoms with E-state index in [9.17, 15) is 0 Å². The first-order chi connectivity index (χ1) is 8.72. The molecule has 0 aliphatic rings. The summed E-state index contributed by atoms with van der Waals surface area (Å²) >= 11 is 9.56. The van der Waals surface area contributed by atoms with Gasteiger partial charge < -0.3 is 9.73 Å². The molecule has 18 heavy (non-hydrogen) atoms. The van der Waals surface area contributed by atoms with Gasteiger partial charge in [0.15, 0.2) is 0 Å². The van der Waals surface area contributed by atoms with E-state index >= 15 is 0 Å². The zero-order valence-electron chi connectivity index (χ0n) is 10.2. The van der Waals surface area contributed by atoms with Crippen LogP contribution in [0.2, 0.25) is 5.02 Å². The quantitative estimate of drug-likeness (QED) is 0.793. The summed E-state index contributed by atoms with van der Waals surface area (Å²) in [5.74, 6) is 0.825. The zero-order chi connectivity index (χ0) is 13.0. The first-order valence-electron chi connectivity index (χ1n) is 5.95. The first-order valence-corrected chi connectivity index (χ1v) is 7.12. The van der Waals surface area contributed by atoms with Gasteiger partial charge in [-0.05, 0) is 52.7 Å². The van der Waals surface area contributed by atoms with E-state index in [2.05, 4.69) is 28.2 Å². The van der Waals surface area contributed by atoms with E-state index in [4.69, 9.17) is 16.0 Å². The van der Waals surface area contributed by atoms with Crippen LogP contribution in [0.25, 0.3) is 11.3 Å². The molecular formula is C14H15BrClNO. The molecule has 2 rings (SSSR count). The maximum absolute atomic E-state index is 6.07. The van der Waals surface area contributed by atoms with Crippen molar-refractivity contribution in [2.45, 2.75) is 19.9 Å². The van der Waals surface area contributed by atoms with Crippen molar-refractivity contribution in [3.05, 3.63) is 45.6 Å². The van der Waals surface area contributed by atoms with Crippen molar-refractivity contribution in [1.82, 2.24) is 5.32 Å². The molecule has 1 N–H and O–H groups in total. The third kappa shape index (κ3) is 3.16. The monoisotopic (exact) mass is 327 g/mol. The van der Waals surface area contributed by atoms with E-state index in [0.717, 1.165) is 35.3 Å². The van der Waals surface area contributed by atoms with Crippen LogP contribution in [0.4, 0.5) is 0 Å². The molecule has 0 spiro atoms. The second-order valence-electron chi connectivity index (χ2n) is 4.08. The molecule has 0 saturated heterocycles. The number of benzene rings is 1. The van der Waals surface area contributed by atoms with Crippen molar-refractivity contribution < 1.29 is 4.42 Å². The number of rotatable bonds is 5. The maximum atomic E-state index is 6.07. The molecule has 0 fully saturated rings. The smallest absolute Gasteiger partial charge is 0.148 e. The molecule has 1 heterocycles. The van der Waals surface area contributed by atoms with Gasteiger partial charge in [0.05, 0.1) is 10.7 Å². The van der Waals surface area contributed by atoms with Gasteiger partial charge >= 0.3 is 0 Å². The molecule has 0 saturated carbocycles. The topological polar surface area (TPSA) is 25.2 Å². The van der Waals surface area contributed by atoms with Gasteiger partial charge in [-0.2, -0.15) is 0 Å². The number of furan rings is 1. The normalized spacial score (nSPS) is 10.8. The molecule has 2 nitrogen and oxygen atoms in total. The van der Waals surface area contributed by atoms with Gasteiger partial charge in [0.1, 0.15) is 5.76 Å². The minimum absolute atomic E-state index is 0.715. The maximum Gasteiger partial charge on any atom is 0.148 e. The average molecular weight is 329 g/mol. The summed E-state index contributed by atoms with van der Waals surface area (Å²) in [5, 5.41) is 4.11. The highest BCUT2D eigenvalue weighted by Crippen LogP contribution is 2.33. The largest absolute Gasteiger partial charge is 0.463 e. The summed E-state index contributed by atoms with van der Waals surface area (Å²) in [7, 11) is 0. The number of hydrogen-bond donors (Lipinski definition) is 1. The Kier molecular flexibility index (Phi) is 4.87. The van der Waals surface area contributed by atoms with Crippen molar-refractivity contribution >= 4 is 27.5 Å². The number of nitrogens with one attached hydrogen (secondary N) is 1. The molecule has 0 radical (unpaired) electrons. The highest BCUT2D eigenvalue weighted by atomic mass is 79.9. The van der Waals surface area contributed by atoms with Gasteiger partial charge in [-0.25, -0.2) is 0 Å². The summed E-state index contributed by atoms with van der Waals surface area (Å²) in [6.07, 6.45) is 2.79. The van der Waals surface area contributed by atoms with Crippen molar-refractivity contribution in [3.8, 4) is 11.3 Å². The van der Waals surface area contributed by atoms with E-state index < -0.39 is 0 Å². The first kappa shape index (κ1) is 13.7. The summed E-state index contributed by atoms with van der Waals surface area (Å²) in [4.78, 5) is 0. The molecule has 0 amide bonds. The Labute approximate surface area is 120 Å². The van der Waals surface area contributed by atoms with E-state index in [-0.39, 0.29) is 0 Å². The molecule has 0 aliphatic carbocycles. The Bertz CT molecular complexity index is 524. The van der Waals surface area contributed by atoms with Crippen LogP contribution in [0.15, 0.2) is 39.4 Å². The Morgan fingerprint density at radius 2 is 2.17 bits per heavy atom. The van der Waals surface area contributed by atoms with E-state index in [0.29, 0.717) is 5.02 Å². The van der Waals surface area contributed by atoms with Gasteiger partial charge in [-0.1, -0.05) is 24.6 Å². The fraction of sp³-hybridized carbons (Fsp3) is 0.286. The minimum Gasteiger partial charge on any atom is -0.463 e. The third-order valence-corrected chi connectivity index (χ3v) is 3.54. The molecule has 1 aromatic carbocycles. The summed E-state index contributed by atoms with van der Waals surface area (Å²) in [6, 6.07) is 7.77. The second-order valence-corrected chi connectivity index (χ2v) is 5.37. The standard InChI is InChI=1S/C14H15BrClNO/c1-2-6-17-9-10-3-4-11(16)8-12(10)14-13(15)5-7-18-14/h3-5,7-8,17H,2,6,9H2,1H3. The predicted molar refractivity (Wildman–Crippen MR) is 78.9 cm³/mol. The number of halogens is 2. The molecule has 4 heteroatoms. The Hall–Kier alpha value is -0.770. The number of hydrogen-bond acceptors (Lipinski definition) is 2. The van der Waals surface area contributed by atoms with Crippen molar-refractivity contribution in [3.63, 3.8) is 0 Å². The van der Waals surface area contributed by atoms with Crippen LogP contribution in [0.1, 0.15) is 18.9 Å². The van der Waals surface area contributed by atoms with Gasteiger partial charge in [-0.3, -0.25) is 0 Å². The van der Waals surface area contributed by atoms with Crippen LogP contribution < -0.4 is 5.32 Å². The fourth-order valence-electron chi connectivity index (χ4n) is 1.80. The molecule has 96 valence electrons. The van der Waals surface area contributed by atoms with Crippen molar-refractivity contribution in [2.24, 2.45) is 0 Å². The zero-order valence-corrected chi connectivity index (χ0v) is 12.5. The van der Waals surface area contributed by atoms with Crippen LogP contribution >= 0.6 is 27.5 Å². The van der Waals surface area contributed by atoms with Gasteiger partial charge in [0, 0.05) is 17.1 Å². The highest BCUT2D eigenvalue weighted by molar-refractivity contribution is 9.10. The molecule has 0 bridgehead atoms. The van der Waals surface area contributed by atoms with Crippen LogP contribution in [0.5, 0.6) is 0 Å². The van der Waals surface area contributed by atoms with Gasteiger partial charge in [0.25, 0.3) is 0 Å². The Balaban J connectivity index is 2.32. The van der Waals surface area contributed by atoms with Crippen LogP contribution in [0, 0.1) is 0 Å². The van der Waals surface area contributed by atoms with E-state index in [1.165, 1.54) is 5.56 Å². The molecular weight excluding hydrogens is 314 g/mol. The lowest BCUT2D eigenvalue weighted by molar-refractivity contribution is 0.579. The van der Waals surface area contributed by atoms with E-state index in [1.807, 2.05) is 24.3 Å². The third-order valence-electron chi connectivity index (χ3n) is 2.68. The lowest BCUT2D eigenvalue weighted by Crippen LogP contribution is -2.14. The minimum atomic E-state index is 0.715. The Morgan fingerprint density at radius 1 is 1.33 bits per heavy atom. The SMILES string of the molecule is CCCNCc1ccc(Cl)cc1-c1occc1Br. The average Bonchev–Trinajstić information content (AvgIpc) is 2.77. The summed E-state index contributed by atoms with van der Waals surface area (Å²) in [5.41, 5.74) is 2.21. The Morgan fingerprint density at radius 3 is 2.83 bits per heavy atom. The van der Waals surface area contributed by atoms with Gasteiger partial charge in [0.2, 0.25) is 0 Å².